The van der Waals surface area contributed by atoms with Crippen molar-refractivity contribution < 1.29 is 14.3 Å². The Morgan fingerprint density at radius 3 is 2.66 bits per heavy atom. The number of aliphatic imine (C=N–C) groups is 1. The Kier molecular flexibility index (Phi) is 8.52. The number of nitrogens with two attached hydrogens (primary N) is 3. The molecule has 0 bridgehead atoms. The van der Waals surface area contributed by atoms with Gasteiger partial charge in [-0.05, 0) is 55.0 Å². The Bertz CT molecular complexity index is 1220. The number of dihydropyridines is 1. The molecule has 38 heavy (non-hydrogen) atoms. The summed E-state index contributed by atoms with van der Waals surface area (Å²) < 4.78 is 4.96. The summed E-state index contributed by atoms with van der Waals surface area (Å²) in [6.07, 6.45) is 10.6. The quantitative estimate of drug-likeness (QED) is 0.134. The predicted octanol–water partition coefficient (Wildman–Crippen LogP) is 1.90. The van der Waals surface area contributed by atoms with Gasteiger partial charge < -0.3 is 31.4 Å². The monoisotopic (exact) mass is 519 g/mol. The van der Waals surface area contributed by atoms with Gasteiger partial charge in [-0.1, -0.05) is 12.1 Å². The second-order valence-electron chi connectivity index (χ2n) is 9.87. The first-order valence-corrected chi connectivity index (χ1v) is 12.9. The van der Waals surface area contributed by atoms with Crippen molar-refractivity contribution in [3.05, 3.63) is 71.3 Å². The number of benzene rings is 1. The van der Waals surface area contributed by atoms with Crippen LogP contribution in [0.4, 0.5) is 5.69 Å². The number of nitrogens with zero attached hydrogens (tertiary/aromatic N) is 3. The van der Waals surface area contributed by atoms with Crippen molar-refractivity contribution in [1.29, 1.82) is 0 Å². The zero-order valence-electron chi connectivity index (χ0n) is 22.0. The van der Waals surface area contributed by atoms with Gasteiger partial charge in [-0.15, -0.1) is 0 Å². The molecule has 2 atom stereocenters. The van der Waals surface area contributed by atoms with Crippen LogP contribution >= 0.6 is 0 Å². The summed E-state index contributed by atoms with van der Waals surface area (Å²) in [6.45, 7) is 2.19. The molecule has 2 unspecified atom stereocenters. The van der Waals surface area contributed by atoms with Crippen molar-refractivity contribution in [1.82, 2.24) is 15.2 Å². The van der Waals surface area contributed by atoms with Crippen LogP contribution in [0.1, 0.15) is 31.2 Å². The van der Waals surface area contributed by atoms with Gasteiger partial charge in [-0.25, -0.2) is 10.6 Å². The number of esters is 1. The molecule has 1 saturated heterocycles. The van der Waals surface area contributed by atoms with E-state index < -0.39 is 5.97 Å². The standard InChI is InChI=1S/C28H37N7O3/c1-34(31)17-25(30)22-13-23(22)26(24(14-29)28(37)38-2)33-21-8-6-7-18(12-21)19-11-20(16-32-15-19)27(36)35-9-4-3-5-10-35/h6-8,11-12,14,16-17,22-23,32H,3-5,9-10,13,15,29-31H2,1-2H3/b24-14?,25-17-,33-26?. The molecule has 1 aromatic carbocycles. The van der Waals surface area contributed by atoms with Crippen molar-refractivity contribution >= 4 is 28.8 Å². The number of hydrazine groups is 1. The van der Waals surface area contributed by atoms with Gasteiger partial charge in [0.2, 0.25) is 0 Å². The van der Waals surface area contributed by atoms with E-state index in [0.717, 1.165) is 37.1 Å². The van der Waals surface area contributed by atoms with Gasteiger partial charge in [0.15, 0.2) is 0 Å². The Balaban J connectivity index is 1.62. The highest BCUT2D eigenvalue weighted by Gasteiger charge is 2.45. The van der Waals surface area contributed by atoms with E-state index in [2.05, 4.69) is 5.32 Å². The van der Waals surface area contributed by atoms with Gasteiger partial charge in [0.05, 0.1) is 29.7 Å². The van der Waals surface area contributed by atoms with Gasteiger partial charge in [-0.3, -0.25) is 9.79 Å². The fourth-order valence-corrected chi connectivity index (χ4v) is 4.96. The van der Waals surface area contributed by atoms with E-state index in [1.54, 1.807) is 19.4 Å². The number of nitrogens with one attached hydrogen (secondary N) is 1. The van der Waals surface area contributed by atoms with Crippen LogP contribution in [0.3, 0.4) is 0 Å². The molecule has 0 aromatic heterocycles. The average molecular weight is 520 g/mol. The van der Waals surface area contributed by atoms with Crippen LogP contribution in [-0.2, 0) is 14.3 Å². The van der Waals surface area contributed by atoms with Crippen LogP contribution in [-0.4, -0.2) is 61.3 Å². The zero-order chi connectivity index (χ0) is 27.2. The van der Waals surface area contributed by atoms with E-state index in [9.17, 15) is 9.59 Å². The Labute approximate surface area is 223 Å². The maximum absolute atomic E-state index is 13.0. The SMILES string of the molecule is COC(=O)C(=CN)C(=Nc1cccc(C2=CC(C(=O)N3CCCCC3)=CNC2)c1)C1CC1/C(N)=C/N(C)N. The molecule has 2 heterocycles. The molecule has 7 N–H and O–H groups in total. The lowest BCUT2D eigenvalue weighted by Gasteiger charge is -2.28. The highest BCUT2D eigenvalue weighted by atomic mass is 16.5. The Hall–Kier alpha value is -4.05. The highest BCUT2D eigenvalue weighted by molar-refractivity contribution is 6.22. The average Bonchev–Trinajstić information content (AvgIpc) is 3.74. The van der Waals surface area contributed by atoms with E-state index in [1.807, 2.05) is 35.2 Å². The fraction of sp³-hybridized carbons (Fsp3) is 0.393. The third-order valence-electron chi connectivity index (χ3n) is 7.01. The number of carbonyl (C=O) groups is 2. The molecular weight excluding hydrogens is 482 g/mol. The molecular formula is C28H37N7O3. The lowest BCUT2D eigenvalue weighted by molar-refractivity contribution is -0.135. The van der Waals surface area contributed by atoms with Crippen LogP contribution in [0.2, 0.25) is 0 Å². The first-order chi connectivity index (χ1) is 18.3. The summed E-state index contributed by atoms with van der Waals surface area (Å²) in [5.41, 5.74) is 16.6. The number of hydrogen-bond donors (Lipinski definition) is 4. The Morgan fingerprint density at radius 2 is 1.97 bits per heavy atom. The lowest BCUT2D eigenvalue weighted by atomic mass is 9.99. The summed E-state index contributed by atoms with van der Waals surface area (Å²) in [5.74, 6) is 5.10. The number of rotatable bonds is 8. The van der Waals surface area contributed by atoms with Crippen molar-refractivity contribution in [3.8, 4) is 0 Å². The minimum Gasteiger partial charge on any atom is -0.465 e. The number of amides is 1. The smallest absolute Gasteiger partial charge is 0.341 e. The molecule has 0 spiro atoms. The van der Waals surface area contributed by atoms with Gasteiger partial charge >= 0.3 is 5.97 Å². The minimum atomic E-state index is -0.559. The molecule has 1 saturated carbocycles. The van der Waals surface area contributed by atoms with Crippen LogP contribution < -0.4 is 22.6 Å². The van der Waals surface area contributed by atoms with Crippen LogP contribution in [0.15, 0.2) is 70.8 Å². The predicted molar refractivity (Wildman–Crippen MR) is 148 cm³/mol. The normalized spacial score (nSPS) is 22.2. The number of carbonyl (C=O) groups excluding carboxylic acids is 2. The summed E-state index contributed by atoms with van der Waals surface area (Å²) in [4.78, 5) is 32.3. The maximum Gasteiger partial charge on any atom is 0.341 e. The van der Waals surface area contributed by atoms with E-state index >= 15 is 0 Å². The van der Waals surface area contributed by atoms with E-state index in [4.69, 9.17) is 27.0 Å². The van der Waals surface area contributed by atoms with Crippen molar-refractivity contribution in [2.45, 2.75) is 25.7 Å². The molecule has 0 radical (unpaired) electrons. The van der Waals surface area contributed by atoms with Crippen LogP contribution in [0.5, 0.6) is 0 Å². The number of piperidine rings is 1. The van der Waals surface area contributed by atoms with Gasteiger partial charge in [0.25, 0.3) is 5.91 Å². The summed E-state index contributed by atoms with van der Waals surface area (Å²) in [6, 6.07) is 7.70. The number of likely N-dealkylation sites (tertiary alicyclic amines) is 1. The van der Waals surface area contributed by atoms with E-state index in [-0.39, 0.29) is 23.3 Å². The summed E-state index contributed by atoms with van der Waals surface area (Å²) in [7, 11) is 3.00. The molecule has 1 amide bonds. The second-order valence-corrected chi connectivity index (χ2v) is 9.87. The number of hydrogen-bond acceptors (Lipinski definition) is 9. The largest absolute Gasteiger partial charge is 0.465 e. The summed E-state index contributed by atoms with van der Waals surface area (Å²) in [5, 5.41) is 4.64. The molecule has 2 fully saturated rings. The third-order valence-corrected chi connectivity index (χ3v) is 7.01. The van der Waals surface area contributed by atoms with Crippen molar-refractivity contribution in [2.75, 3.05) is 33.8 Å². The van der Waals surface area contributed by atoms with Crippen molar-refractivity contribution in [3.63, 3.8) is 0 Å². The number of methoxy groups -OCH3 is 1. The maximum atomic E-state index is 13.0. The molecule has 1 aliphatic carbocycles. The van der Waals surface area contributed by atoms with Crippen LogP contribution in [0, 0.1) is 11.8 Å². The fourth-order valence-electron chi connectivity index (χ4n) is 4.96. The molecule has 2 aliphatic heterocycles. The van der Waals surface area contributed by atoms with Crippen molar-refractivity contribution in [2.24, 2.45) is 34.1 Å². The topological polar surface area (TPSA) is 152 Å². The molecule has 3 aliphatic rings. The minimum absolute atomic E-state index is 0.0127. The van der Waals surface area contributed by atoms with Gasteiger partial charge in [0.1, 0.15) is 0 Å². The summed E-state index contributed by atoms with van der Waals surface area (Å²) >= 11 is 0. The number of allylic oxidation sites excluding steroid dienone is 1. The molecule has 4 rings (SSSR count). The van der Waals surface area contributed by atoms with Crippen LogP contribution in [0.25, 0.3) is 5.57 Å². The third kappa shape index (κ3) is 6.25. The van der Waals surface area contributed by atoms with Gasteiger partial charge in [-0.2, -0.15) is 0 Å². The van der Waals surface area contributed by atoms with E-state index in [0.29, 0.717) is 35.6 Å². The van der Waals surface area contributed by atoms with Gasteiger partial charge in [0, 0.05) is 62.8 Å². The molecule has 202 valence electrons. The molecule has 10 heteroatoms. The molecule has 1 aromatic rings. The molecule has 10 nitrogen and oxygen atoms in total. The van der Waals surface area contributed by atoms with E-state index in [1.165, 1.54) is 24.7 Å². The first kappa shape index (κ1) is 27.0. The zero-order valence-corrected chi connectivity index (χ0v) is 22.0. The highest BCUT2D eigenvalue weighted by Crippen LogP contribution is 2.45. The number of ether oxygens (including phenoxy) is 1. The lowest BCUT2D eigenvalue weighted by Crippen LogP contribution is -2.37. The second kappa shape index (κ2) is 12.0. The Morgan fingerprint density at radius 1 is 1.21 bits per heavy atom. The first-order valence-electron chi connectivity index (χ1n) is 12.9.